The highest BCUT2D eigenvalue weighted by atomic mass is 16.5. The van der Waals surface area contributed by atoms with E-state index >= 15 is 0 Å². The van der Waals surface area contributed by atoms with Gasteiger partial charge in [0, 0.05) is 23.7 Å². The average molecular weight is 481 g/mol. The molecule has 3 aromatic carbocycles. The van der Waals surface area contributed by atoms with Crippen LogP contribution in [0, 0.1) is 11.3 Å². The third kappa shape index (κ3) is 5.36. The van der Waals surface area contributed by atoms with E-state index in [9.17, 15) is 5.26 Å². The van der Waals surface area contributed by atoms with Gasteiger partial charge in [0.05, 0.1) is 23.4 Å². The zero-order valence-electron chi connectivity index (χ0n) is 20.6. The fourth-order valence-electron chi connectivity index (χ4n) is 4.71. The van der Waals surface area contributed by atoms with E-state index in [1.54, 1.807) is 0 Å². The number of primary amides is 1. The number of ether oxygens (including phenoxy) is 1. The van der Waals surface area contributed by atoms with E-state index in [0.29, 0.717) is 12.6 Å². The molecule has 1 saturated carbocycles. The summed E-state index contributed by atoms with van der Waals surface area (Å²) in [6.45, 7) is 3.48. The van der Waals surface area contributed by atoms with E-state index in [-0.39, 0.29) is 6.41 Å². The number of amides is 1. The van der Waals surface area contributed by atoms with Crippen LogP contribution in [0.25, 0.3) is 22.2 Å². The molecule has 0 aliphatic heterocycles. The molecular formula is C30H32N4O2. The molecule has 0 radical (unpaired) electrons. The summed E-state index contributed by atoms with van der Waals surface area (Å²) in [6, 6.07) is 28.1. The summed E-state index contributed by atoms with van der Waals surface area (Å²) in [6.07, 6.45) is 4.80. The number of rotatable bonds is 8. The fraction of sp³-hybridized carbons (Fsp3) is 0.267. The van der Waals surface area contributed by atoms with Gasteiger partial charge in [0.1, 0.15) is 11.8 Å². The van der Waals surface area contributed by atoms with E-state index < -0.39 is 0 Å². The van der Waals surface area contributed by atoms with Crippen LogP contribution in [0.3, 0.4) is 0 Å². The highest BCUT2D eigenvalue weighted by Gasteiger charge is 2.27. The Morgan fingerprint density at radius 2 is 1.83 bits per heavy atom. The van der Waals surface area contributed by atoms with E-state index in [0.717, 1.165) is 65.0 Å². The molecule has 0 saturated heterocycles. The molecule has 1 aliphatic rings. The summed E-state index contributed by atoms with van der Waals surface area (Å²) in [5.41, 5.74) is 10.6. The minimum absolute atomic E-state index is 0.250. The Morgan fingerprint density at radius 3 is 2.44 bits per heavy atom. The van der Waals surface area contributed by atoms with Crippen molar-refractivity contribution in [2.75, 3.05) is 18.5 Å². The molecule has 0 bridgehead atoms. The summed E-state index contributed by atoms with van der Waals surface area (Å²) in [4.78, 5) is 8.58. The topological polar surface area (TPSA) is 93.1 Å². The lowest BCUT2D eigenvalue weighted by molar-refractivity contribution is -0.106. The predicted molar refractivity (Wildman–Crippen MR) is 145 cm³/mol. The van der Waals surface area contributed by atoms with Crippen LogP contribution in [0.2, 0.25) is 0 Å². The van der Waals surface area contributed by atoms with Crippen molar-refractivity contribution in [2.24, 2.45) is 5.73 Å². The first-order chi connectivity index (χ1) is 17.7. The molecule has 1 aliphatic carbocycles. The van der Waals surface area contributed by atoms with Crippen LogP contribution in [0.15, 0.2) is 72.8 Å². The maximum Gasteiger partial charge on any atom is 0.204 e. The number of nitriles is 1. The number of nitrogens with zero attached hydrogens (tertiary/aromatic N) is 2. The minimum Gasteiger partial charge on any atom is -0.494 e. The van der Waals surface area contributed by atoms with Crippen molar-refractivity contribution in [1.82, 2.24) is 4.57 Å². The third-order valence-electron chi connectivity index (χ3n) is 6.58. The molecule has 1 heterocycles. The second-order valence-electron chi connectivity index (χ2n) is 8.78. The zero-order chi connectivity index (χ0) is 25.3. The molecule has 0 spiro atoms. The Morgan fingerprint density at radius 1 is 1.11 bits per heavy atom. The highest BCUT2D eigenvalue weighted by Crippen LogP contribution is 2.43. The first-order valence-electron chi connectivity index (χ1n) is 12.4. The maximum atomic E-state index is 10.1. The van der Waals surface area contributed by atoms with Crippen LogP contribution in [-0.4, -0.2) is 24.1 Å². The van der Waals surface area contributed by atoms with Crippen LogP contribution in [-0.2, 0) is 11.2 Å². The number of anilines is 1. The molecule has 0 atom stereocenters. The summed E-state index contributed by atoms with van der Waals surface area (Å²) in [5.74, 6) is 0.816. The molecule has 1 amide bonds. The normalized spacial score (nSPS) is 12.7. The van der Waals surface area contributed by atoms with Gasteiger partial charge in [-0.15, -0.1) is 0 Å². The molecule has 5 rings (SSSR count). The highest BCUT2D eigenvalue weighted by molar-refractivity contribution is 5.95. The van der Waals surface area contributed by atoms with Gasteiger partial charge in [-0.05, 0) is 74.1 Å². The van der Waals surface area contributed by atoms with E-state index in [1.807, 2.05) is 25.1 Å². The Hall–Kier alpha value is -4.24. The van der Waals surface area contributed by atoms with Gasteiger partial charge in [0.2, 0.25) is 6.41 Å². The number of nitrogens with two attached hydrogens (primary N) is 1. The number of carbonyl (C=O) groups excluding carboxylic acids is 1. The molecule has 6 heteroatoms. The van der Waals surface area contributed by atoms with Crippen molar-refractivity contribution in [1.29, 1.82) is 5.26 Å². The molecule has 36 heavy (non-hydrogen) atoms. The SMILES string of the molecule is CCOc1ccc2c(c1)c(C#N)c(-c1ccc(NCCc3ccccc3)cc1)n2C1CCC1.NC=O. The van der Waals surface area contributed by atoms with Gasteiger partial charge in [-0.3, -0.25) is 4.79 Å². The summed E-state index contributed by atoms with van der Waals surface area (Å²) >= 11 is 0. The van der Waals surface area contributed by atoms with Gasteiger partial charge in [-0.1, -0.05) is 42.5 Å². The van der Waals surface area contributed by atoms with Gasteiger partial charge in [-0.25, -0.2) is 0 Å². The second-order valence-corrected chi connectivity index (χ2v) is 8.78. The Bertz CT molecular complexity index is 1330. The molecular weight excluding hydrogens is 448 g/mol. The van der Waals surface area contributed by atoms with Crippen molar-refractivity contribution in [3.63, 3.8) is 0 Å². The zero-order valence-corrected chi connectivity index (χ0v) is 20.6. The van der Waals surface area contributed by atoms with Gasteiger partial charge < -0.3 is 20.4 Å². The molecule has 0 unspecified atom stereocenters. The van der Waals surface area contributed by atoms with Gasteiger partial charge in [-0.2, -0.15) is 5.26 Å². The summed E-state index contributed by atoms with van der Waals surface area (Å²) in [7, 11) is 0. The molecule has 1 aromatic heterocycles. The number of fused-ring (bicyclic) bond motifs is 1. The molecule has 1 fully saturated rings. The largest absolute Gasteiger partial charge is 0.494 e. The fourth-order valence-corrected chi connectivity index (χ4v) is 4.71. The minimum atomic E-state index is 0.250. The number of hydrogen-bond acceptors (Lipinski definition) is 4. The van der Waals surface area contributed by atoms with Gasteiger partial charge >= 0.3 is 0 Å². The maximum absolute atomic E-state index is 10.1. The Kier molecular flexibility index (Phi) is 8.25. The standard InChI is InChI=1S/C29H29N3O.CH3NO/c1-2-33-25-15-16-28-26(19-25)27(20-30)29(32(28)24-9-6-10-24)22-11-13-23(14-12-22)31-18-17-21-7-4-3-5-8-21;2-1-3/h3-5,7-8,11-16,19,24,31H,2,6,9-10,17-18H2,1H3;1H,(H2,2,3). The van der Waals surface area contributed by atoms with Crippen LogP contribution < -0.4 is 15.8 Å². The Balaban J connectivity index is 0.000000967. The molecule has 6 nitrogen and oxygen atoms in total. The van der Waals surface area contributed by atoms with Crippen molar-refractivity contribution >= 4 is 23.0 Å². The average Bonchev–Trinajstić information content (AvgIpc) is 3.18. The molecule has 3 N–H and O–H groups in total. The number of nitrogens with one attached hydrogen (secondary N) is 1. The quantitative estimate of drug-likeness (QED) is 0.300. The first-order valence-corrected chi connectivity index (χ1v) is 12.4. The third-order valence-corrected chi connectivity index (χ3v) is 6.58. The van der Waals surface area contributed by atoms with Gasteiger partial charge in [0.15, 0.2) is 0 Å². The molecule has 4 aromatic rings. The lowest BCUT2D eigenvalue weighted by Gasteiger charge is -2.30. The summed E-state index contributed by atoms with van der Waals surface area (Å²) in [5, 5.41) is 14.6. The van der Waals surface area contributed by atoms with Gasteiger partial charge in [0.25, 0.3) is 0 Å². The van der Waals surface area contributed by atoms with E-state index in [2.05, 4.69) is 76.3 Å². The summed E-state index contributed by atoms with van der Waals surface area (Å²) < 4.78 is 8.12. The van der Waals surface area contributed by atoms with Crippen LogP contribution in [0.1, 0.15) is 43.4 Å². The van der Waals surface area contributed by atoms with Crippen molar-refractivity contribution in [3.8, 4) is 23.1 Å². The predicted octanol–water partition coefficient (Wildman–Crippen LogP) is 6.06. The monoisotopic (exact) mass is 480 g/mol. The second kappa shape index (κ2) is 11.9. The molecule has 184 valence electrons. The number of aromatic nitrogens is 1. The van der Waals surface area contributed by atoms with Crippen LogP contribution in [0.5, 0.6) is 5.75 Å². The van der Waals surface area contributed by atoms with Crippen molar-refractivity contribution < 1.29 is 9.53 Å². The number of benzene rings is 3. The smallest absolute Gasteiger partial charge is 0.204 e. The number of carbonyl (C=O) groups is 1. The van der Waals surface area contributed by atoms with Crippen molar-refractivity contribution in [3.05, 3.63) is 83.9 Å². The first kappa shape index (κ1) is 24.9. The lowest BCUT2D eigenvalue weighted by Crippen LogP contribution is -2.17. The van der Waals surface area contributed by atoms with E-state index in [1.165, 1.54) is 12.0 Å². The van der Waals surface area contributed by atoms with E-state index in [4.69, 9.17) is 9.53 Å². The lowest BCUT2D eigenvalue weighted by atomic mass is 9.92. The van der Waals surface area contributed by atoms with Crippen LogP contribution in [0.4, 0.5) is 5.69 Å². The van der Waals surface area contributed by atoms with Crippen LogP contribution >= 0.6 is 0 Å². The number of hydrogen-bond donors (Lipinski definition) is 2. The van der Waals surface area contributed by atoms with Crippen molar-refractivity contribution in [2.45, 2.75) is 38.6 Å². The Labute approximate surface area is 212 Å².